The molecule has 5 heteroatoms. The van der Waals surface area contributed by atoms with Crippen molar-refractivity contribution >= 4 is 47.9 Å². The van der Waals surface area contributed by atoms with Gasteiger partial charge in [0.15, 0.2) is 0 Å². The van der Waals surface area contributed by atoms with Crippen molar-refractivity contribution in [3.05, 3.63) is 66.2 Å². The molecule has 0 saturated carbocycles. The van der Waals surface area contributed by atoms with Crippen molar-refractivity contribution in [2.75, 3.05) is 6.61 Å². The summed E-state index contributed by atoms with van der Waals surface area (Å²) >= 11 is 2.47. The van der Waals surface area contributed by atoms with Gasteiger partial charge in [-0.15, -0.1) is 0 Å². The van der Waals surface area contributed by atoms with Gasteiger partial charge in [-0.05, 0) is 0 Å². The second kappa shape index (κ2) is 6.20. The Bertz CT molecular complexity index is 711. The number of amides is 1. The monoisotopic (exact) mass is 485 g/mol. The number of carbonyl (C=O) groups excluding carboxylic acids is 1. The van der Waals surface area contributed by atoms with Crippen LogP contribution in [-0.2, 0) is 9.53 Å². The first-order valence-corrected chi connectivity index (χ1v) is 10.4. The van der Waals surface area contributed by atoms with Crippen LogP contribution in [0, 0.1) is 0 Å². The van der Waals surface area contributed by atoms with Crippen LogP contribution < -0.4 is 4.46 Å². The second-order valence-corrected chi connectivity index (χ2v) is 12.1. The van der Waals surface area contributed by atoms with Crippen molar-refractivity contribution in [1.82, 2.24) is 4.90 Å². The molecule has 0 radical (unpaired) electrons. The quantitative estimate of drug-likeness (QED) is 0.381. The topological polar surface area (TPSA) is 29.5 Å². The fourth-order valence-electron chi connectivity index (χ4n) is 3.19. The normalized spacial score (nSPS) is 29.8. The average molecular weight is 484 g/mol. The number of fused-ring (bicyclic) bond motifs is 1. The molecule has 0 N–H and O–H groups in total. The number of carbonyl (C=O) groups is 1. The van der Waals surface area contributed by atoms with Crippen LogP contribution in [-0.4, -0.2) is 40.9 Å². The Balaban J connectivity index is 1.60. The number of ether oxygens (including phenoxy) is 1. The van der Waals surface area contributed by atoms with Gasteiger partial charge in [-0.25, -0.2) is 0 Å². The summed E-state index contributed by atoms with van der Waals surface area (Å²) < 4.78 is 6.88. The number of hydrogen-bond donors (Lipinski definition) is 0. The fraction of sp³-hybridized carbons (Fsp3) is 0.278. The minimum absolute atomic E-state index is 0.0527. The van der Waals surface area contributed by atoms with Crippen LogP contribution in [0.25, 0.3) is 0 Å². The molecule has 0 bridgehead atoms. The average Bonchev–Trinajstić information content (AvgIpc) is 3.08. The summed E-state index contributed by atoms with van der Waals surface area (Å²) in [5.74, 6) is 0.235. The third-order valence-corrected chi connectivity index (χ3v) is 8.80. The molecular formula is C18H16INO2Se. The molecule has 0 spiro atoms. The van der Waals surface area contributed by atoms with E-state index in [9.17, 15) is 4.79 Å². The summed E-state index contributed by atoms with van der Waals surface area (Å²) in [7, 11) is 0. The number of halogens is 1. The van der Waals surface area contributed by atoms with Crippen LogP contribution >= 0.6 is 22.6 Å². The predicted octanol–water partition coefficient (Wildman–Crippen LogP) is 2.48. The van der Waals surface area contributed by atoms with Gasteiger partial charge in [0.1, 0.15) is 0 Å². The van der Waals surface area contributed by atoms with Gasteiger partial charge in [0, 0.05) is 0 Å². The van der Waals surface area contributed by atoms with Crippen molar-refractivity contribution in [2.45, 2.75) is 21.0 Å². The number of hydrogen-bond acceptors (Lipinski definition) is 2. The van der Waals surface area contributed by atoms with Crippen molar-refractivity contribution < 1.29 is 9.53 Å². The van der Waals surface area contributed by atoms with Gasteiger partial charge < -0.3 is 0 Å². The molecule has 3 atom stereocenters. The van der Waals surface area contributed by atoms with E-state index in [2.05, 4.69) is 46.9 Å². The first-order valence-electron chi connectivity index (χ1n) is 7.60. The van der Waals surface area contributed by atoms with E-state index in [1.54, 1.807) is 0 Å². The van der Waals surface area contributed by atoms with Gasteiger partial charge in [-0.2, -0.15) is 0 Å². The van der Waals surface area contributed by atoms with Crippen LogP contribution in [0.4, 0.5) is 0 Å². The Kier molecular flexibility index (Phi) is 4.22. The number of benzene rings is 2. The third-order valence-electron chi connectivity index (χ3n) is 4.29. The van der Waals surface area contributed by atoms with Gasteiger partial charge in [0.05, 0.1) is 0 Å². The van der Waals surface area contributed by atoms with Gasteiger partial charge in [-0.3, -0.25) is 0 Å². The van der Waals surface area contributed by atoms with E-state index in [4.69, 9.17) is 4.74 Å². The SMILES string of the molecule is O=C1N2[C@@H](c3ccccc3)CO[C@@H]2C[C@]1(I)[Se]c1ccccc1. The summed E-state index contributed by atoms with van der Waals surface area (Å²) in [5.41, 5.74) is 1.16. The van der Waals surface area contributed by atoms with E-state index in [0.29, 0.717) is 6.61 Å². The molecule has 2 aromatic carbocycles. The van der Waals surface area contributed by atoms with E-state index in [1.807, 2.05) is 41.3 Å². The molecule has 118 valence electrons. The van der Waals surface area contributed by atoms with Gasteiger partial charge in [0.2, 0.25) is 0 Å². The molecule has 2 aliphatic heterocycles. The Hall–Kier alpha value is -0.881. The predicted molar refractivity (Wildman–Crippen MR) is 99.0 cm³/mol. The number of alkyl halides is 1. The van der Waals surface area contributed by atoms with E-state index in [1.165, 1.54) is 4.46 Å². The molecule has 0 aromatic heterocycles. The Morgan fingerprint density at radius 3 is 2.43 bits per heavy atom. The van der Waals surface area contributed by atoms with Gasteiger partial charge in [0.25, 0.3) is 0 Å². The first-order chi connectivity index (χ1) is 11.2. The fourth-order valence-corrected chi connectivity index (χ4v) is 7.44. The molecular weight excluding hydrogens is 468 g/mol. The third kappa shape index (κ3) is 2.84. The number of nitrogens with zero attached hydrogens (tertiary/aromatic N) is 1. The molecule has 2 aliphatic rings. The molecule has 0 unspecified atom stereocenters. The van der Waals surface area contributed by atoms with Gasteiger partial charge >= 0.3 is 156 Å². The van der Waals surface area contributed by atoms with E-state index < -0.39 is 0 Å². The van der Waals surface area contributed by atoms with Crippen LogP contribution in [0.3, 0.4) is 0 Å². The Morgan fingerprint density at radius 1 is 1.09 bits per heavy atom. The Morgan fingerprint density at radius 2 is 1.74 bits per heavy atom. The molecule has 2 aromatic rings. The summed E-state index contributed by atoms with van der Waals surface area (Å²) in [6.07, 6.45) is 0.708. The van der Waals surface area contributed by atoms with Crippen LogP contribution in [0.1, 0.15) is 18.0 Å². The Labute approximate surface area is 155 Å². The molecule has 1 amide bonds. The van der Waals surface area contributed by atoms with Gasteiger partial charge in [-0.1, -0.05) is 0 Å². The number of rotatable bonds is 3. The summed E-state index contributed by atoms with van der Waals surface area (Å²) in [6.45, 7) is 0.603. The van der Waals surface area contributed by atoms with Crippen molar-refractivity contribution in [3.8, 4) is 0 Å². The summed E-state index contributed by atoms with van der Waals surface area (Å²) in [5, 5.41) is 0. The molecule has 2 fully saturated rings. The maximum atomic E-state index is 13.2. The molecule has 23 heavy (non-hydrogen) atoms. The first kappa shape index (κ1) is 15.6. The summed E-state index contributed by atoms with van der Waals surface area (Å²) in [6, 6.07) is 20.6. The van der Waals surface area contributed by atoms with Crippen molar-refractivity contribution in [3.63, 3.8) is 0 Å². The maximum absolute atomic E-state index is 13.2. The van der Waals surface area contributed by atoms with Crippen LogP contribution in [0.2, 0.25) is 0 Å². The molecule has 0 aliphatic carbocycles. The standard InChI is InChI=1S/C18H16INO2Se/c19-18(23-14-9-5-2-6-10-14)11-16-20(17(18)21)15(12-22-16)13-7-3-1-4-8-13/h1-10,15-16H,11-12H2/t15-,16-,18+/m1/s1. The van der Waals surface area contributed by atoms with Crippen molar-refractivity contribution in [1.29, 1.82) is 0 Å². The zero-order valence-corrected chi connectivity index (χ0v) is 16.3. The molecule has 4 rings (SSSR count). The van der Waals surface area contributed by atoms with Crippen molar-refractivity contribution in [2.24, 2.45) is 0 Å². The molecule has 3 nitrogen and oxygen atoms in total. The molecule has 2 heterocycles. The summed E-state index contributed by atoms with van der Waals surface area (Å²) in [4.78, 5) is 15.1. The molecule has 2 saturated heterocycles. The van der Waals surface area contributed by atoms with E-state index in [-0.39, 0.29) is 35.5 Å². The van der Waals surface area contributed by atoms with Crippen LogP contribution in [0.5, 0.6) is 0 Å². The van der Waals surface area contributed by atoms with E-state index in [0.717, 1.165) is 12.0 Å². The zero-order valence-electron chi connectivity index (χ0n) is 12.4. The zero-order chi connectivity index (χ0) is 15.9. The van der Waals surface area contributed by atoms with Crippen LogP contribution in [0.15, 0.2) is 60.7 Å². The second-order valence-electron chi connectivity index (χ2n) is 5.77. The van der Waals surface area contributed by atoms with E-state index >= 15 is 0 Å². The minimum atomic E-state index is -0.343.